The normalized spacial score (nSPS) is 23.2. The highest BCUT2D eigenvalue weighted by atomic mass is 17.0. The molecule has 0 aromatic carbocycles. The van der Waals surface area contributed by atoms with Gasteiger partial charge in [-0.05, 0) is 6.42 Å². The maximum Gasteiger partial charge on any atom is 0.297 e. The fraction of sp³-hybridized carbons (Fsp3) is 0.929. The van der Waals surface area contributed by atoms with Gasteiger partial charge in [0, 0.05) is 12.8 Å². The number of nitrogens with zero attached hydrogens (tertiary/aromatic N) is 2. The van der Waals surface area contributed by atoms with Crippen LogP contribution in [0.5, 0.6) is 0 Å². The minimum atomic E-state index is -1.96. The molecule has 24 heavy (non-hydrogen) atoms. The number of Topliss-reactive ketones (excluding diaryl/α,β-unsaturated/α-hetero) is 1. The Morgan fingerprint density at radius 1 is 1.12 bits per heavy atom. The number of unbranched alkanes of at least 4 members (excludes halogenated alkanes) is 6. The van der Waals surface area contributed by atoms with Crippen molar-refractivity contribution < 1.29 is 29.4 Å². The summed E-state index contributed by atoms with van der Waals surface area (Å²) in [6, 6.07) is 0. The standard InChI is InChI=1S/C14H24N2O8/c1-2-3-4-5-6-7-8-9-14(24-16(20)21)13(17)10-12(23-14)11-22-15(18)19/h12H,2-11H2,1H3. The van der Waals surface area contributed by atoms with Gasteiger partial charge >= 0.3 is 0 Å². The van der Waals surface area contributed by atoms with Crippen LogP contribution in [-0.4, -0.2) is 34.5 Å². The molecule has 1 saturated heterocycles. The summed E-state index contributed by atoms with van der Waals surface area (Å²) in [7, 11) is 0. The van der Waals surface area contributed by atoms with Crippen molar-refractivity contribution in [3.8, 4) is 0 Å². The molecule has 138 valence electrons. The first-order valence-electron chi connectivity index (χ1n) is 8.21. The molecule has 0 radical (unpaired) electrons. The van der Waals surface area contributed by atoms with Crippen molar-refractivity contribution >= 4 is 5.78 Å². The van der Waals surface area contributed by atoms with E-state index in [1.807, 2.05) is 0 Å². The first-order valence-corrected chi connectivity index (χ1v) is 8.21. The number of ether oxygens (including phenoxy) is 1. The van der Waals surface area contributed by atoms with Crippen LogP contribution in [-0.2, 0) is 19.2 Å². The summed E-state index contributed by atoms with van der Waals surface area (Å²) in [5.41, 5.74) is 0. The van der Waals surface area contributed by atoms with Gasteiger partial charge in [0.1, 0.15) is 6.61 Å². The minimum Gasteiger partial charge on any atom is -0.338 e. The zero-order chi connectivity index (χ0) is 18.0. The van der Waals surface area contributed by atoms with Crippen molar-refractivity contribution in [2.24, 2.45) is 0 Å². The van der Waals surface area contributed by atoms with Crippen molar-refractivity contribution in [1.29, 1.82) is 0 Å². The monoisotopic (exact) mass is 348 g/mol. The molecule has 0 bridgehead atoms. The van der Waals surface area contributed by atoms with Crippen molar-refractivity contribution in [2.45, 2.75) is 76.6 Å². The van der Waals surface area contributed by atoms with Gasteiger partial charge in [-0.1, -0.05) is 45.4 Å². The molecule has 2 atom stereocenters. The second-order valence-corrected chi connectivity index (χ2v) is 5.83. The SMILES string of the molecule is CCCCCCCCCC1(O[N+](=O)[O-])OC(CO[N+](=O)[O-])CC1=O. The fourth-order valence-corrected chi connectivity index (χ4v) is 2.73. The molecule has 1 rings (SSSR count). The van der Waals surface area contributed by atoms with Gasteiger partial charge in [0.25, 0.3) is 16.0 Å². The highest BCUT2D eigenvalue weighted by molar-refractivity contribution is 5.88. The molecule has 0 aromatic rings. The highest BCUT2D eigenvalue weighted by Crippen LogP contribution is 2.33. The summed E-state index contributed by atoms with van der Waals surface area (Å²) in [5, 5.41) is 18.8. The average Bonchev–Trinajstić information content (AvgIpc) is 2.80. The highest BCUT2D eigenvalue weighted by Gasteiger charge is 2.51. The van der Waals surface area contributed by atoms with Crippen LogP contribution in [0.4, 0.5) is 0 Å². The van der Waals surface area contributed by atoms with E-state index in [0.717, 1.165) is 32.1 Å². The van der Waals surface area contributed by atoms with Crippen LogP contribution < -0.4 is 0 Å². The Kier molecular flexibility index (Phi) is 8.37. The molecular formula is C14H24N2O8. The van der Waals surface area contributed by atoms with E-state index in [1.165, 1.54) is 6.42 Å². The lowest BCUT2D eigenvalue weighted by Crippen LogP contribution is -2.41. The molecule has 0 saturated carbocycles. The lowest BCUT2D eigenvalue weighted by Gasteiger charge is -2.25. The van der Waals surface area contributed by atoms with Gasteiger partial charge in [-0.3, -0.25) is 9.63 Å². The third kappa shape index (κ3) is 6.65. The van der Waals surface area contributed by atoms with Crippen molar-refractivity contribution in [3.05, 3.63) is 20.2 Å². The summed E-state index contributed by atoms with van der Waals surface area (Å²) in [6.45, 7) is 1.67. The maximum atomic E-state index is 12.1. The molecule has 1 fully saturated rings. The van der Waals surface area contributed by atoms with Crippen molar-refractivity contribution in [2.75, 3.05) is 6.61 Å². The Morgan fingerprint density at radius 3 is 2.33 bits per heavy atom. The van der Waals surface area contributed by atoms with Crippen LogP contribution >= 0.6 is 0 Å². The van der Waals surface area contributed by atoms with Crippen LogP contribution in [0.2, 0.25) is 0 Å². The van der Waals surface area contributed by atoms with Crippen LogP contribution in [0.1, 0.15) is 64.7 Å². The zero-order valence-corrected chi connectivity index (χ0v) is 13.8. The summed E-state index contributed by atoms with van der Waals surface area (Å²) in [5.74, 6) is -2.54. The number of carbonyl (C=O) groups is 1. The van der Waals surface area contributed by atoms with Crippen LogP contribution in [0.25, 0.3) is 0 Å². The lowest BCUT2D eigenvalue weighted by atomic mass is 10.0. The van der Waals surface area contributed by atoms with E-state index < -0.39 is 34.5 Å². The molecule has 0 aromatic heterocycles. The van der Waals surface area contributed by atoms with Gasteiger partial charge in [-0.2, -0.15) is 0 Å². The van der Waals surface area contributed by atoms with E-state index in [9.17, 15) is 25.0 Å². The van der Waals surface area contributed by atoms with E-state index >= 15 is 0 Å². The minimum absolute atomic E-state index is 0.0511. The largest absolute Gasteiger partial charge is 0.338 e. The predicted octanol–water partition coefficient (Wildman–Crippen LogP) is 2.60. The van der Waals surface area contributed by atoms with E-state index in [1.54, 1.807) is 0 Å². The maximum absolute atomic E-state index is 12.1. The molecule has 0 spiro atoms. The van der Waals surface area contributed by atoms with E-state index in [-0.39, 0.29) is 12.8 Å². The summed E-state index contributed by atoms with van der Waals surface area (Å²) in [4.78, 5) is 41.7. The van der Waals surface area contributed by atoms with Crippen molar-refractivity contribution in [3.63, 3.8) is 0 Å². The summed E-state index contributed by atoms with van der Waals surface area (Å²) >= 11 is 0. The van der Waals surface area contributed by atoms with Gasteiger partial charge in [-0.25, -0.2) is 0 Å². The molecule has 0 N–H and O–H groups in total. The average molecular weight is 348 g/mol. The van der Waals surface area contributed by atoms with Crippen LogP contribution in [0, 0.1) is 20.2 Å². The first-order chi connectivity index (χ1) is 11.4. The smallest absolute Gasteiger partial charge is 0.297 e. The molecule has 10 heteroatoms. The third-order valence-corrected chi connectivity index (χ3v) is 3.89. The Balaban J connectivity index is 2.49. The number of carbonyl (C=O) groups excluding carboxylic acids is 1. The second kappa shape index (κ2) is 10.0. The lowest BCUT2D eigenvalue weighted by molar-refractivity contribution is -0.791. The van der Waals surface area contributed by atoms with E-state index in [0.29, 0.717) is 6.42 Å². The Bertz CT molecular complexity index is 444. The molecular weight excluding hydrogens is 324 g/mol. The second-order valence-electron chi connectivity index (χ2n) is 5.83. The molecule has 1 aliphatic rings. The van der Waals surface area contributed by atoms with E-state index in [4.69, 9.17) is 4.74 Å². The van der Waals surface area contributed by atoms with Gasteiger partial charge < -0.3 is 9.57 Å². The Labute approximate surface area is 139 Å². The molecule has 10 nitrogen and oxygen atoms in total. The zero-order valence-electron chi connectivity index (χ0n) is 13.8. The van der Waals surface area contributed by atoms with E-state index in [2.05, 4.69) is 16.6 Å². The van der Waals surface area contributed by atoms with Gasteiger partial charge in [0.15, 0.2) is 5.78 Å². The Hall–Kier alpha value is -1.97. The quantitative estimate of drug-likeness (QED) is 0.282. The third-order valence-electron chi connectivity index (χ3n) is 3.89. The molecule has 1 aliphatic heterocycles. The summed E-state index contributed by atoms with van der Waals surface area (Å²) < 4.78 is 5.32. The van der Waals surface area contributed by atoms with Crippen molar-refractivity contribution in [1.82, 2.24) is 0 Å². The number of ketones is 1. The van der Waals surface area contributed by atoms with Crippen LogP contribution in [0.3, 0.4) is 0 Å². The van der Waals surface area contributed by atoms with Gasteiger partial charge in [0.2, 0.25) is 0 Å². The fourth-order valence-electron chi connectivity index (χ4n) is 2.73. The number of rotatable bonds is 13. The Morgan fingerprint density at radius 2 is 1.75 bits per heavy atom. The van der Waals surface area contributed by atoms with Gasteiger partial charge in [-0.15, -0.1) is 20.2 Å². The topological polar surface area (TPSA) is 131 Å². The molecule has 0 aliphatic carbocycles. The number of hydrogen-bond acceptors (Lipinski definition) is 8. The molecule has 2 unspecified atom stereocenters. The van der Waals surface area contributed by atoms with Crippen LogP contribution in [0.15, 0.2) is 0 Å². The van der Waals surface area contributed by atoms with Gasteiger partial charge in [0.05, 0.1) is 6.10 Å². The molecule has 0 amide bonds. The first kappa shape index (κ1) is 20.1. The number of hydrogen-bond donors (Lipinski definition) is 0. The summed E-state index contributed by atoms with van der Waals surface area (Å²) in [6.07, 6.45) is 5.77. The predicted molar refractivity (Wildman–Crippen MR) is 80.9 cm³/mol. The molecule has 1 heterocycles.